The lowest BCUT2D eigenvalue weighted by atomic mass is 9.99. The van der Waals surface area contributed by atoms with Gasteiger partial charge >= 0.3 is 0 Å². The quantitative estimate of drug-likeness (QED) is 0.921. The van der Waals surface area contributed by atoms with Gasteiger partial charge in [0.2, 0.25) is 0 Å². The monoisotopic (exact) mass is 291 g/mol. The Bertz CT molecular complexity index is 602. The van der Waals surface area contributed by atoms with E-state index >= 15 is 0 Å². The van der Waals surface area contributed by atoms with E-state index in [9.17, 15) is 0 Å². The van der Waals surface area contributed by atoms with Crippen molar-refractivity contribution in [2.45, 2.75) is 39.8 Å². The summed E-state index contributed by atoms with van der Waals surface area (Å²) in [5.74, 6) is 0. The van der Waals surface area contributed by atoms with Gasteiger partial charge in [-0.1, -0.05) is 29.8 Å². The number of nitrogens with zero attached hydrogens (tertiary/aromatic N) is 2. The summed E-state index contributed by atoms with van der Waals surface area (Å²) >= 11 is 6.36. The molecular weight excluding hydrogens is 270 g/mol. The van der Waals surface area contributed by atoms with Gasteiger partial charge in [-0.15, -0.1) is 0 Å². The third kappa shape index (κ3) is 2.74. The highest BCUT2D eigenvalue weighted by atomic mass is 35.5. The minimum Gasteiger partial charge on any atom is -0.308 e. The third-order valence-electron chi connectivity index (χ3n) is 3.70. The second-order valence-electron chi connectivity index (χ2n) is 5.48. The summed E-state index contributed by atoms with van der Waals surface area (Å²) < 4.78 is 1.98. The smallest absolute Gasteiger partial charge is 0.0837 e. The molecule has 0 aliphatic carbocycles. The Kier molecular flexibility index (Phi) is 4.51. The van der Waals surface area contributed by atoms with Crippen molar-refractivity contribution in [3.63, 3.8) is 0 Å². The maximum absolute atomic E-state index is 6.36. The van der Waals surface area contributed by atoms with E-state index in [2.05, 4.69) is 56.3 Å². The highest BCUT2D eigenvalue weighted by Crippen LogP contribution is 2.30. The molecule has 0 fully saturated rings. The van der Waals surface area contributed by atoms with Gasteiger partial charge in [0.05, 0.1) is 23.0 Å². The molecule has 2 rings (SSSR count). The fourth-order valence-corrected chi connectivity index (χ4v) is 2.68. The molecule has 1 heterocycles. The summed E-state index contributed by atoms with van der Waals surface area (Å²) in [5.41, 5.74) is 4.81. The highest BCUT2D eigenvalue weighted by Gasteiger charge is 2.22. The normalized spacial score (nSPS) is 12.9. The molecule has 0 spiro atoms. The van der Waals surface area contributed by atoms with Crippen LogP contribution in [0.4, 0.5) is 0 Å². The summed E-state index contributed by atoms with van der Waals surface area (Å²) in [4.78, 5) is 0. The second kappa shape index (κ2) is 5.98. The first-order valence-corrected chi connectivity index (χ1v) is 7.30. The molecule has 1 atom stereocenters. The molecule has 0 saturated heterocycles. The van der Waals surface area contributed by atoms with Crippen LogP contribution in [-0.2, 0) is 0 Å². The summed E-state index contributed by atoms with van der Waals surface area (Å²) in [5, 5.41) is 8.46. The maximum Gasteiger partial charge on any atom is 0.0837 e. The molecule has 20 heavy (non-hydrogen) atoms. The largest absolute Gasteiger partial charge is 0.308 e. The van der Waals surface area contributed by atoms with E-state index in [4.69, 9.17) is 11.6 Å². The zero-order chi connectivity index (χ0) is 14.9. The van der Waals surface area contributed by atoms with Gasteiger partial charge in [0.25, 0.3) is 0 Å². The molecular formula is C16H22ClN3. The molecule has 4 heteroatoms. The van der Waals surface area contributed by atoms with Gasteiger partial charge in [-0.25, -0.2) is 0 Å². The van der Waals surface area contributed by atoms with E-state index in [1.165, 1.54) is 16.7 Å². The summed E-state index contributed by atoms with van der Waals surface area (Å²) in [6.07, 6.45) is 1.72. The summed E-state index contributed by atoms with van der Waals surface area (Å²) in [7, 11) is 1.95. The molecule has 1 unspecified atom stereocenters. The van der Waals surface area contributed by atoms with Crippen molar-refractivity contribution in [1.29, 1.82) is 0 Å². The van der Waals surface area contributed by atoms with Crippen molar-refractivity contribution in [1.82, 2.24) is 15.1 Å². The summed E-state index contributed by atoms with van der Waals surface area (Å²) in [6.45, 7) is 8.48. The lowest BCUT2D eigenvalue weighted by Gasteiger charge is -2.21. The zero-order valence-corrected chi connectivity index (χ0v) is 13.5. The van der Waals surface area contributed by atoms with Crippen molar-refractivity contribution in [2.75, 3.05) is 7.05 Å². The van der Waals surface area contributed by atoms with Gasteiger partial charge in [0.15, 0.2) is 0 Å². The molecule has 3 nitrogen and oxygen atoms in total. The Hall–Kier alpha value is -1.32. The van der Waals surface area contributed by atoms with E-state index in [-0.39, 0.29) is 12.1 Å². The number of aryl methyl sites for hydroxylation is 2. The average molecular weight is 292 g/mol. The van der Waals surface area contributed by atoms with Crippen LogP contribution in [0.25, 0.3) is 0 Å². The molecule has 0 bridgehead atoms. The average Bonchev–Trinajstić information content (AvgIpc) is 2.77. The zero-order valence-electron chi connectivity index (χ0n) is 12.7. The van der Waals surface area contributed by atoms with Crippen LogP contribution in [0, 0.1) is 13.8 Å². The first kappa shape index (κ1) is 15.1. The molecule has 1 aromatic heterocycles. The maximum atomic E-state index is 6.36. The fraction of sp³-hybridized carbons (Fsp3) is 0.438. The van der Waals surface area contributed by atoms with Crippen LogP contribution in [0.1, 0.15) is 48.3 Å². The van der Waals surface area contributed by atoms with Crippen LogP contribution in [-0.4, -0.2) is 16.8 Å². The van der Waals surface area contributed by atoms with Crippen LogP contribution in [0.2, 0.25) is 5.02 Å². The van der Waals surface area contributed by atoms with E-state index in [1.54, 1.807) is 6.20 Å². The Labute approximate surface area is 126 Å². The molecule has 0 radical (unpaired) electrons. The molecule has 1 N–H and O–H groups in total. The van der Waals surface area contributed by atoms with E-state index < -0.39 is 0 Å². The van der Waals surface area contributed by atoms with Gasteiger partial charge in [-0.05, 0) is 51.4 Å². The van der Waals surface area contributed by atoms with Crippen LogP contribution in [0.5, 0.6) is 0 Å². The van der Waals surface area contributed by atoms with Crippen LogP contribution in [0.15, 0.2) is 24.4 Å². The SMILES string of the molecule is CNC(c1ccc(C)c(C)c1)c1c(Cl)cnn1C(C)C. The van der Waals surface area contributed by atoms with Crippen molar-refractivity contribution in [3.8, 4) is 0 Å². The van der Waals surface area contributed by atoms with E-state index in [1.807, 2.05) is 11.7 Å². The number of halogens is 1. The van der Waals surface area contributed by atoms with Crippen molar-refractivity contribution >= 4 is 11.6 Å². The van der Waals surface area contributed by atoms with E-state index in [0.717, 1.165) is 5.69 Å². The standard InChI is InChI=1S/C16H22ClN3/c1-10(2)20-16(14(17)9-19-20)15(18-5)13-7-6-11(3)12(4)8-13/h6-10,15,18H,1-5H3. The predicted octanol–water partition coefficient (Wildman–Crippen LogP) is 4.04. The number of hydrogen-bond acceptors (Lipinski definition) is 2. The minimum atomic E-state index is 0.0479. The van der Waals surface area contributed by atoms with Crippen molar-refractivity contribution in [2.24, 2.45) is 0 Å². The lowest BCUT2D eigenvalue weighted by molar-refractivity contribution is 0.484. The molecule has 1 aromatic carbocycles. The fourth-order valence-electron chi connectivity index (χ4n) is 2.44. The van der Waals surface area contributed by atoms with Gasteiger partial charge in [0, 0.05) is 6.04 Å². The van der Waals surface area contributed by atoms with Crippen molar-refractivity contribution < 1.29 is 0 Å². The van der Waals surface area contributed by atoms with Gasteiger partial charge in [-0.3, -0.25) is 4.68 Å². The highest BCUT2D eigenvalue weighted by molar-refractivity contribution is 6.31. The van der Waals surface area contributed by atoms with E-state index in [0.29, 0.717) is 5.02 Å². The minimum absolute atomic E-state index is 0.0479. The first-order valence-electron chi connectivity index (χ1n) is 6.93. The Morgan fingerprint density at radius 1 is 1.20 bits per heavy atom. The first-order chi connectivity index (χ1) is 9.45. The third-order valence-corrected chi connectivity index (χ3v) is 3.99. The molecule has 0 aliphatic rings. The van der Waals surface area contributed by atoms with Crippen LogP contribution in [0.3, 0.4) is 0 Å². The lowest BCUT2D eigenvalue weighted by Crippen LogP contribution is -2.23. The van der Waals surface area contributed by atoms with Crippen LogP contribution < -0.4 is 5.32 Å². The van der Waals surface area contributed by atoms with Crippen molar-refractivity contribution in [3.05, 3.63) is 51.8 Å². The Morgan fingerprint density at radius 3 is 2.45 bits per heavy atom. The number of hydrogen-bond donors (Lipinski definition) is 1. The number of rotatable bonds is 4. The van der Waals surface area contributed by atoms with Gasteiger partial charge in [-0.2, -0.15) is 5.10 Å². The van der Waals surface area contributed by atoms with Gasteiger partial charge < -0.3 is 5.32 Å². The number of benzene rings is 1. The Balaban J connectivity index is 2.52. The predicted molar refractivity (Wildman–Crippen MR) is 84.4 cm³/mol. The topological polar surface area (TPSA) is 29.9 Å². The second-order valence-corrected chi connectivity index (χ2v) is 5.89. The summed E-state index contributed by atoms with van der Waals surface area (Å²) in [6, 6.07) is 6.84. The number of nitrogens with one attached hydrogen (secondary N) is 1. The molecule has 0 saturated carbocycles. The van der Waals surface area contributed by atoms with Gasteiger partial charge in [0.1, 0.15) is 0 Å². The molecule has 2 aromatic rings. The number of aromatic nitrogens is 2. The molecule has 0 amide bonds. The molecule has 108 valence electrons. The molecule has 0 aliphatic heterocycles. The van der Waals surface area contributed by atoms with Crippen LogP contribution >= 0.6 is 11.6 Å². The Morgan fingerprint density at radius 2 is 1.90 bits per heavy atom.